The third-order valence-corrected chi connectivity index (χ3v) is 11.0. The molecule has 4 aliphatic carbocycles. The molecular formula is C29H48O3Si2. The van der Waals surface area contributed by atoms with Crippen molar-refractivity contribution in [3.8, 4) is 0 Å². The van der Waals surface area contributed by atoms with Gasteiger partial charge in [0.15, 0.2) is 14.1 Å². The predicted octanol–water partition coefficient (Wildman–Crippen LogP) is 7.89. The minimum atomic E-state index is -1.76. The Morgan fingerprint density at radius 3 is 2.38 bits per heavy atom. The van der Waals surface area contributed by atoms with Gasteiger partial charge in [-0.25, -0.2) is 0 Å². The first-order valence-electron chi connectivity index (χ1n) is 13.6. The molecule has 0 N–H and O–H groups in total. The van der Waals surface area contributed by atoms with Crippen LogP contribution in [0.5, 0.6) is 0 Å². The SMILES string of the molecule is CCC(O[Si](C)(C)C)=C1[C@H](C)C[C@H]2[C@@H]3CCC4=CC(=O)C=C[C@]4(C)[C@H]3[C@@H](O[Si](C)(C)C)C[C@]12C. The Morgan fingerprint density at radius 2 is 1.79 bits per heavy atom. The monoisotopic (exact) mass is 500 g/mol. The van der Waals surface area contributed by atoms with Crippen LogP contribution in [0.15, 0.2) is 35.1 Å². The molecule has 0 bridgehead atoms. The summed E-state index contributed by atoms with van der Waals surface area (Å²) < 4.78 is 13.9. The zero-order valence-electron chi connectivity index (χ0n) is 23.4. The molecule has 0 unspecified atom stereocenters. The van der Waals surface area contributed by atoms with Crippen molar-refractivity contribution in [3.63, 3.8) is 0 Å². The molecule has 3 nitrogen and oxygen atoms in total. The van der Waals surface area contributed by atoms with E-state index in [1.165, 1.54) is 24.2 Å². The normalized spacial score (nSPS) is 41.4. The summed E-state index contributed by atoms with van der Waals surface area (Å²) >= 11 is 0. The topological polar surface area (TPSA) is 35.5 Å². The van der Waals surface area contributed by atoms with Crippen molar-refractivity contribution in [2.24, 2.45) is 34.5 Å². The summed E-state index contributed by atoms with van der Waals surface area (Å²) in [5.41, 5.74) is 3.00. The molecule has 4 aliphatic rings. The van der Waals surface area contributed by atoms with Gasteiger partial charge < -0.3 is 8.85 Å². The van der Waals surface area contributed by atoms with Crippen LogP contribution in [0.2, 0.25) is 39.3 Å². The van der Waals surface area contributed by atoms with Gasteiger partial charge in [-0.2, -0.15) is 0 Å². The summed E-state index contributed by atoms with van der Waals surface area (Å²) in [7, 11) is -3.45. The van der Waals surface area contributed by atoms with Crippen molar-refractivity contribution in [2.75, 3.05) is 0 Å². The summed E-state index contributed by atoms with van der Waals surface area (Å²) in [6, 6.07) is 0. The molecule has 0 saturated heterocycles. The quantitative estimate of drug-likeness (QED) is 0.284. The number of allylic oxidation sites excluding steroid dienone is 6. The van der Waals surface area contributed by atoms with E-state index in [1.54, 1.807) is 5.57 Å². The Bertz CT molecular complexity index is 934. The molecule has 0 amide bonds. The van der Waals surface area contributed by atoms with Crippen LogP contribution < -0.4 is 0 Å². The summed E-state index contributed by atoms with van der Waals surface area (Å²) in [5.74, 6) is 3.71. The van der Waals surface area contributed by atoms with Gasteiger partial charge in [-0.15, -0.1) is 0 Å². The van der Waals surface area contributed by atoms with Crippen molar-refractivity contribution in [1.29, 1.82) is 0 Å². The summed E-state index contributed by atoms with van der Waals surface area (Å²) in [5, 5.41) is 0. The van der Waals surface area contributed by atoms with E-state index in [0.717, 1.165) is 19.3 Å². The largest absolute Gasteiger partial charge is 0.547 e. The van der Waals surface area contributed by atoms with Crippen LogP contribution in [0, 0.1) is 34.5 Å². The van der Waals surface area contributed by atoms with Crippen LogP contribution in [-0.4, -0.2) is 28.5 Å². The van der Waals surface area contributed by atoms with Gasteiger partial charge in [-0.05, 0) is 112 Å². The summed E-state index contributed by atoms with van der Waals surface area (Å²) in [6.07, 6.45) is 11.7. The fourth-order valence-electron chi connectivity index (χ4n) is 8.29. The van der Waals surface area contributed by atoms with Gasteiger partial charge in [0.05, 0.1) is 11.9 Å². The maximum atomic E-state index is 12.3. The van der Waals surface area contributed by atoms with E-state index in [2.05, 4.69) is 73.1 Å². The molecule has 3 saturated carbocycles. The Kier molecular flexibility index (Phi) is 6.61. The number of rotatable bonds is 5. The molecule has 0 heterocycles. The highest BCUT2D eigenvalue weighted by Crippen LogP contribution is 2.68. The minimum Gasteiger partial charge on any atom is -0.547 e. The number of ketones is 1. The molecule has 0 radical (unpaired) electrons. The first kappa shape index (κ1) is 26.2. The molecule has 34 heavy (non-hydrogen) atoms. The number of carbonyl (C=O) groups excluding carboxylic acids is 1. The minimum absolute atomic E-state index is 0.0689. The average Bonchev–Trinajstić information content (AvgIpc) is 2.94. The third-order valence-electron chi connectivity index (χ3n) is 9.14. The predicted molar refractivity (Wildman–Crippen MR) is 147 cm³/mol. The number of hydrogen-bond donors (Lipinski definition) is 0. The van der Waals surface area contributed by atoms with E-state index < -0.39 is 16.6 Å². The van der Waals surface area contributed by atoms with E-state index in [-0.39, 0.29) is 22.7 Å². The second kappa shape index (κ2) is 8.59. The molecule has 0 spiro atoms. The lowest BCUT2D eigenvalue weighted by Gasteiger charge is -2.60. The highest BCUT2D eigenvalue weighted by Gasteiger charge is 2.63. The molecule has 3 fully saturated rings. The Hall–Kier alpha value is -0.916. The smallest absolute Gasteiger partial charge is 0.241 e. The second-order valence-electron chi connectivity index (χ2n) is 14.0. The standard InChI is InChI=1S/C29H48O3Si2/c1-11-24(31-33(5,6)7)26-19(2)16-23-22-13-12-20-17-21(30)14-15-28(20,3)27(22)25(18-29(23,26)4)32-34(8,9)10/h14-15,17,19,22-23,25,27H,11-13,16,18H2,1-10H3/t19-,22+,23+,25+,27-,28+,29+/m1/s1. The zero-order chi connectivity index (χ0) is 25.3. The van der Waals surface area contributed by atoms with E-state index in [9.17, 15) is 4.79 Å². The second-order valence-corrected chi connectivity index (χ2v) is 22.8. The van der Waals surface area contributed by atoms with Gasteiger partial charge >= 0.3 is 0 Å². The van der Waals surface area contributed by atoms with Gasteiger partial charge in [-0.3, -0.25) is 4.79 Å². The van der Waals surface area contributed by atoms with Gasteiger partial charge in [-0.1, -0.05) is 39.3 Å². The van der Waals surface area contributed by atoms with Crippen molar-refractivity contribution in [3.05, 3.63) is 35.1 Å². The van der Waals surface area contributed by atoms with Crippen molar-refractivity contribution >= 4 is 22.4 Å². The summed E-state index contributed by atoms with van der Waals surface area (Å²) in [6.45, 7) is 23.6. The van der Waals surface area contributed by atoms with Crippen LogP contribution >= 0.6 is 0 Å². The van der Waals surface area contributed by atoms with Gasteiger partial charge in [0.1, 0.15) is 0 Å². The molecule has 7 atom stereocenters. The first-order chi connectivity index (χ1) is 15.6. The van der Waals surface area contributed by atoms with Crippen LogP contribution in [0.25, 0.3) is 0 Å². The molecule has 0 aliphatic heterocycles. The fourth-order valence-corrected chi connectivity index (χ4v) is 10.4. The molecule has 0 aromatic carbocycles. The van der Waals surface area contributed by atoms with Crippen LogP contribution in [0.4, 0.5) is 0 Å². The maximum Gasteiger partial charge on any atom is 0.241 e. The van der Waals surface area contributed by atoms with Gasteiger partial charge in [0.25, 0.3) is 0 Å². The Morgan fingerprint density at radius 1 is 1.12 bits per heavy atom. The van der Waals surface area contributed by atoms with E-state index in [4.69, 9.17) is 8.85 Å². The van der Waals surface area contributed by atoms with Crippen molar-refractivity contribution in [2.45, 2.75) is 105 Å². The molecule has 0 aromatic heterocycles. The molecular weight excluding hydrogens is 452 g/mol. The van der Waals surface area contributed by atoms with E-state index >= 15 is 0 Å². The molecule has 4 rings (SSSR count). The van der Waals surface area contributed by atoms with Crippen LogP contribution in [-0.2, 0) is 13.6 Å². The van der Waals surface area contributed by atoms with Crippen LogP contribution in [0.3, 0.4) is 0 Å². The highest BCUT2D eigenvalue weighted by atomic mass is 28.4. The van der Waals surface area contributed by atoms with Crippen molar-refractivity contribution in [1.82, 2.24) is 0 Å². The van der Waals surface area contributed by atoms with E-state index in [1.807, 2.05) is 12.2 Å². The maximum absolute atomic E-state index is 12.3. The Labute approximate surface area is 210 Å². The number of hydrogen-bond acceptors (Lipinski definition) is 3. The van der Waals surface area contributed by atoms with Crippen LogP contribution in [0.1, 0.15) is 59.8 Å². The number of fused-ring (bicyclic) bond motifs is 5. The van der Waals surface area contributed by atoms with Crippen molar-refractivity contribution < 1.29 is 13.6 Å². The summed E-state index contributed by atoms with van der Waals surface area (Å²) in [4.78, 5) is 12.3. The first-order valence-corrected chi connectivity index (χ1v) is 20.5. The lowest BCUT2D eigenvalue weighted by molar-refractivity contribution is -0.112. The molecule has 190 valence electrons. The Balaban J connectivity index is 1.83. The zero-order valence-corrected chi connectivity index (χ0v) is 25.4. The highest BCUT2D eigenvalue weighted by molar-refractivity contribution is 6.70. The van der Waals surface area contributed by atoms with Gasteiger partial charge in [0, 0.05) is 11.8 Å². The lowest BCUT2D eigenvalue weighted by atomic mass is 9.47. The van der Waals surface area contributed by atoms with Gasteiger partial charge in [0.2, 0.25) is 8.32 Å². The molecule has 5 heteroatoms. The average molecular weight is 501 g/mol. The lowest BCUT2D eigenvalue weighted by Crippen LogP contribution is -2.57. The van der Waals surface area contributed by atoms with E-state index in [0.29, 0.717) is 23.7 Å². The third kappa shape index (κ3) is 4.50. The number of carbonyl (C=O) groups is 1. The molecule has 0 aromatic rings. The fraction of sp³-hybridized carbons (Fsp3) is 0.759.